The fraction of sp³-hybridized carbons (Fsp3) is 0.222. The van der Waals surface area contributed by atoms with Crippen LogP contribution < -0.4 is 14.8 Å². The number of carbonyl (C=O) groups excluding carboxylic acids is 1. The Balaban J connectivity index is 1.48. The van der Waals surface area contributed by atoms with Crippen LogP contribution in [-0.4, -0.2) is 66.9 Å². The molecular weight excluding hydrogens is 504 g/mol. The van der Waals surface area contributed by atoms with Crippen molar-refractivity contribution in [2.24, 2.45) is 0 Å². The molecule has 10 nitrogen and oxygen atoms in total. The third-order valence-corrected chi connectivity index (χ3v) is 8.23. The van der Waals surface area contributed by atoms with Gasteiger partial charge in [-0.2, -0.15) is 0 Å². The third kappa shape index (κ3) is 4.50. The second-order valence-electron chi connectivity index (χ2n) is 9.24. The molecule has 4 aromatic rings. The molecule has 11 heteroatoms. The molecule has 0 fully saturated rings. The molecule has 3 aromatic heterocycles. The number of hydrogen-bond donors (Lipinski definition) is 2. The zero-order valence-corrected chi connectivity index (χ0v) is 21.5. The van der Waals surface area contributed by atoms with Crippen molar-refractivity contribution in [1.82, 2.24) is 24.6 Å². The van der Waals surface area contributed by atoms with Crippen molar-refractivity contribution in [2.75, 3.05) is 38.0 Å². The first kappa shape index (κ1) is 24.1. The van der Waals surface area contributed by atoms with Gasteiger partial charge in [0.2, 0.25) is 5.88 Å². The van der Waals surface area contributed by atoms with Crippen molar-refractivity contribution in [3.63, 3.8) is 0 Å². The van der Waals surface area contributed by atoms with E-state index in [4.69, 9.17) is 4.74 Å². The number of fused-ring (bicyclic) bond motifs is 6. The van der Waals surface area contributed by atoms with E-state index in [0.717, 1.165) is 36.4 Å². The minimum atomic E-state index is -4.04. The number of hydrogen-bond acceptors (Lipinski definition) is 7. The number of methoxy groups -OCH3 is 1. The summed E-state index contributed by atoms with van der Waals surface area (Å²) in [5, 5.41) is 2.90. The van der Waals surface area contributed by atoms with E-state index in [-0.39, 0.29) is 27.9 Å². The van der Waals surface area contributed by atoms with E-state index in [1.807, 2.05) is 24.5 Å². The SMILES string of the molecule is COc1ncc2cc1NS(=O)(=O)c1cccc(c1)C(=O)NCCN1CC=C(CC1)c1cnc3ccc-2cn13. The van der Waals surface area contributed by atoms with Gasteiger partial charge in [0.1, 0.15) is 11.3 Å². The molecule has 8 bridgehead atoms. The summed E-state index contributed by atoms with van der Waals surface area (Å²) < 4.78 is 36.6. The average Bonchev–Trinajstić information content (AvgIpc) is 3.36. The van der Waals surface area contributed by atoms with Gasteiger partial charge >= 0.3 is 0 Å². The van der Waals surface area contributed by atoms with Gasteiger partial charge in [0.25, 0.3) is 15.9 Å². The summed E-state index contributed by atoms with van der Waals surface area (Å²) in [5.41, 5.74) is 5.06. The second kappa shape index (κ2) is 9.58. The van der Waals surface area contributed by atoms with Gasteiger partial charge in [0.15, 0.2) is 0 Å². The van der Waals surface area contributed by atoms with Crippen molar-refractivity contribution in [1.29, 1.82) is 0 Å². The van der Waals surface area contributed by atoms with Crippen molar-refractivity contribution >= 4 is 32.8 Å². The molecule has 38 heavy (non-hydrogen) atoms. The van der Waals surface area contributed by atoms with Crippen molar-refractivity contribution in [3.05, 3.63) is 78.4 Å². The summed E-state index contributed by atoms with van der Waals surface area (Å²) in [6.07, 6.45) is 8.59. The number of ether oxygens (including phenoxy) is 1. The van der Waals surface area contributed by atoms with Gasteiger partial charge in [-0.05, 0) is 48.4 Å². The topological polar surface area (TPSA) is 118 Å². The molecule has 3 aliphatic heterocycles. The molecule has 2 N–H and O–H groups in total. The molecule has 0 saturated carbocycles. The van der Waals surface area contributed by atoms with E-state index in [1.165, 1.54) is 24.8 Å². The van der Waals surface area contributed by atoms with Crippen LogP contribution in [0.5, 0.6) is 5.88 Å². The number of sulfonamides is 1. The Labute approximate surface area is 220 Å². The molecular formula is C27H26N6O4S. The smallest absolute Gasteiger partial charge is 0.262 e. The highest BCUT2D eigenvalue weighted by Crippen LogP contribution is 2.31. The van der Waals surface area contributed by atoms with Gasteiger partial charge in [-0.3, -0.25) is 18.8 Å². The number of nitrogens with zero attached hydrogens (tertiary/aromatic N) is 4. The first-order chi connectivity index (χ1) is 18.4. The molecule has 0 radical (unpaired) electrons. The maximum atomic E-state index is 13.3. The molecule has 1 atom stereocenters. The zero-order chi connectivity index (χ0) is 26.3. The van der Waals surface area contributed by atoms with Crippen LogP contribution >= 0.6 is 0 Å². The Morgan fingerprint density at radius 1 is 1.00 bits per heavy atom. The Bertz CT molecular complexity index is 1690. The highest BCUT2D eigenvalue weighted by Gasteiger charge is 2.21. The maximum Gasteiger partial charge on any atom is 0.262 e. The van der Waals surface area contributed by atoms with Crippen LogP contribution in [0.3, 0.4) is 0 Å². The molecule has 1 unspecified atom stereocenters. The van der Waals surface area contributed by atoms with Gasteiger partial charge in [0, 0.05) is 55.3 Å². The molecule has 0 aliphatic carbocycles. The fourth-order valence-electron chi connectivity index (χ4n) is 4.82. The van der Waals surface area contributed by atoms with Crippen molar-refractivity contribution < 1.29 is 17.9 Å². The number of aromatic nitrogens is 3. The van der Waals surface area contributed by atoms with Crippen molar-refractivity contribution in [3.8, 4) is 17.0 Å². The molecule has 194 valence electrons. The molecule has 0 saturated heterocycles. The first-order valence-electron chi connectivity index (χ1n) is 12.3. The number of nitrogens with one attached hydrogen (secondary N) is 2. The summed E-state index contributed by atoms with van der Waals surface area (Å²) in [5.74, 6) is -0.194. The number of rotatable bonds is 1. The summed E-state index contributed by atoms with van der Waals surface area (Å²) in [4.78, 5) is 23.9. The zero-order valence-electron chi connectivity index (χ0n) is 20.7. The lowest BCUT2D eigenvalue weighted by Crippen LogP contribution is -2.37. The predicted octanol–water partition coefficient (Wildman–Crippen LogP) is 3.04. The number of carbonyl (C=O) groups is 1. The number of anilines is 1. The quantitative estimate of drug-likeness (QED) is 0.388. The lowest BCUT2D eigenvalue weighted by molar-refractivity contribution is 0.0948. The van der Waals surface area contributed by atoms with E-state index in [1.54, 1.807) is 24.4 Å². The van der Waals surface area contributed by atoms with E-state index in [2.05, 4.69) is 35.4 Å². The molecule has 0 spiro atoms. The van der Waals surface area contributed by atoms with Crippen LogP contribution in [0.2, 0.25) is 0 Å². The lowest BCUT2D eigenvalue weighted by Gasteiger charge is -2.26. The summed E-state index contributed by atoms with van der Waals surface area (Å²) in [6.45, 7) is 2.77. The largest absolute Gasteiger partial charge is 0.480 e. The standard InChI is InChI=1S/C27H26N6O4S/c1-37-27-23-14-21(15-30-27)20-5-6-25-29-16-24(33(25)17-20)18-7-10-32(11-8-18)12-9-28-26(34)19-3-2-4-22(13-19)38(35,36)31-23/h2-7,13-17,31H,8-12H2,1H3,(H,28,34). The Kier molecular flexibility index (Phi) is 6.09. The first-order valence-corrected chi connectivity index (χ1v) is 13.7. The van der Waals surface area contributed by atoms with E-state index >= 15 is 0 Å². The van der Waals surface area contributed by atoms with Crippen LogP contribution in [-0.2, 0) is 10.0 Å². The van der Waals surface area contributed by atoms with E-state index < -0.39 is 10.0 Å². The normalized spacial score (nSPS) is 18.9. The molecule has 3 aliphatic rings. The molecule has 6 heterocycles. The van der Waals surface area contributed by atoms with Gasteiger partial charge in [0.05, 0.1) is 23.9 Å². The lowest BCUT2D eigenvalue weighted by atomic mass is 10.0. The Morgan fingerprint density at radius 2 is 1.89 bits per heavy atom. The summed E-state index contributed by atoms with van der Waals surface area (Å²) in [7, 11) is -2.61. The van der Waals surface area contributed by atoms with E-state index in [0.29, 0.717) is 18.7 Å². The van der Waals surface area contributed by atoms with E-state index in [9.17, 15) is 13.2 Å². The highest BCUT2D eigenvalue weighted by molar-refractivity contribution is 7.92. The minimum Gasteiger partial charge on any atom is -0.480 e. The number of benzene rings is 1. The van der Waals surface area contributed by atoms with Gasteiger partial charge < -0.3 is 10.1 Å². The maximum absolute atomic E-state index is 13.3. The third-order valence-electron chi connectivity index (χ3n) is 6.87. The molecule has 1 aromatic carbocycles. The van der Waals surface area contributed by atoms with Crippen LogP contribution in [0.15, 0.2) is 72.0 Å². The molecule has 7 rings (SSSR count). The second-order valence-corrected chi connectivity index (χ2v) is 10.9. The number of pyridine rings is 2. The minimum absolute atomic E-state index is 0.0369. The summed E-state index contributed by atoms with van der Waals surface area (Å²) >= 11 is 0. The highest BCUT2D eigenvalue weighted by atomic mass is 32.2. The van der Waals surface area contributed by atoms with Crippen LogP contribution in [0.1, 0.15) is 22.5 Å². The monoisotopic (exact) mass is 530 g/mol. The average molecular weight is 531 g/mol. The van der Waals surface area contributed by atoms with Crippen LogP contribution in [0.25, 0.3) is 22.3 Å². The Hall–Kier alpha value is -4.22. The molecule has 1 amide bonds. The Morgan fingerprint density at radius 3 is 2.71 bits per heavy atom. The van der Waals surface area contributed by atoms with Crippen molar-refractivity contribution in [2.45, 2.75) is 11.3 Å². The predicted molar refractivity (Wildman–Crippen MR) is 144 cm³/mol. The van der Waals surface area contributed by atoms with Gasteiger partial charge in [-0.15, -0.1) is 0 Å². The number of amides is 1. The number of imidazole rings is 1. The summed E-state index contributed by atoms with van der Waals surface area (Å²) in [6, 6.07) is 11.5. The van der Waals surface area contributed by atoms with Gasteiger partial charge in [-0.25, -0.2) is 18.4 Å². The van der Waals surface area contributed by atoms with Crippen LogP contribution in [0.4, 0.5) is 5.69 Å². The van der Waals surface area contributed by atoms with Crippen LogP contribution in [0, 0.1) is 0 Å². The van der Waals surface area contributed by atoms with Gasteiger partial charge in [-0.1, -0.05) is 12.1 Å². The fourth-order valence-corrected chi connectivity index (χ4v) is 5.91.